The molecule has 0 aliphatic rings. The van der Waals surface area contributed by atoms with E-state index in [4.69, 9.17) is 0 Å². The van der Waals surface area contributed by atoms with Crippen molar-refractivity contribution in [2.24, 2.45) is 23.2 Å². The Kier molecular flexibility index (Phi) is 8.31. The fraction of sp³-hybridized carbons (Fsp3) is 0.778. The van der Waals surface area contributed by atoms with Crippen LogP contribution in [0.25, 0.3) is 0 Å². The lowest BCUT2D eigenvalue weighted by atomic mass is 9.72. The van der Waals surface area contributed by atoms with E-state index >= 15 is 0 Å². The molecule has 0 aliphatic heterocycles. The highest BCUT2D eigenvalue weighted by Crippen LogP contribution is 2.37. The van der Waals surface area contributed by atoms with E-state index in [0.717, 1.165) is 5.92 Å². The number of hydrogen-bond donors (Lipinski definition) is 0. The Morgan fingerprint density at radius 1 is 1.11 bits per heavy atom. The molecular formula is C18H34. The minimum Gasteiger partial charge on any atom is -0.103 e. The Balaban J connectivity index is 4.36. The summed E-state index contributed by atoms with van der Waals surface area (Å²) in [4.78, 5) is 0. The Hall–Kier alpha value is -0.520. The Bertz CT molecular complexity index is 245. The van der Waals surface area contributed by atoms with Crippen molar-refractivity contribution in [1.82, 2.24) is 0 Å². The van der Waals surface area contributed by atoms with E-state index in [1.807, 2.05) is 0 Å². The van der Waals surface area contributed by atoms with Crippen molar-refractivity contribution >= 4 is 0 Å². The molecule has 18 heavy (non-hydrogen) atoms. The smallest absolute Gasteiger partial charge is 0.0210 e. The van der Waals surface area contributed by atoms with Crippen LogP contribution in [0.2, 0.25) is 0 Å². The Morgan fingerprint density at radius 2 is 1.72 bits per heavy atom. The molecule has 0 spiro atoms. The van der Waals surface area contributed by atoms with E-state index < -0.39 is 0 Å². The van der Waals surface area contributed by atoms with Crippen molar-refractivity contribution in [3.05, 3.63) is 24.8 Å². The first-order valence-corrected chi connectivity index (χ1v) is 7.62. The predicted molar refractivity (Wildman–Crippen MR) is 84.8 cm³/mol. The molecule has 0 radical (unpaired) electrons. The standard InChI is InChI=1S/C18H34/c1-8-10-11-12-13-18(6,7)16(5)14-17(9-2)15(3)4/h9,11-12,15-17H,2,8,10,13-14H2,1,3-7H3/b12-11+. The van der Waals surface area contributed by atoms with E-state index in [1.165, 1.54) is 25.7 Å². The van der Waals surface area contributed by atoms with Gasteiger partial charge in [-0.3, -0.25) is 0 Å². The van der Waals surface area contributed by atoms with Gasteiger partial charge in [-0.25, -0.2) is 0 Å². The van der Waals surface area contributed by atoms with Crippen LogP contribution in [-0.2, 0) is 0 Å². The molecule has 106 valence electrons. The van der Waals surface area contributed by atoms with E-state index in [1.54, 1.807) is 0 Å². The second-order valence-corrected chi connectivity index (χ2v) is 6.73. The quantitative estimate of drug-likeness (QED) is 0.425. The molecule has 0 heteroatoms. The summed E-state index contributed by atoms with van der Waals surface area (Å²) in [6, 6.07) is 0. The monoisotopic (exact) mass is 250 g/mol. The third-order valence-electron chi connectivity index (χ3n) is 4.38. The van der Waals surface area contributed by atoms with Crippen molar-refractivity contribution in [1.29, 1.82) is 0 Å². The topological polar surface area (TPSA) is 0 Å². The zero-order chi connectivity index (χ0) is 14.2. The second kappa shape index (κ2) is 8.56. The highest BCUT2D eigenvalue weighted by molar-refractivity contribution is 4.92. The van der Waals surface area contributed by atoms with Gasteiger partial charge in [-0.05, 0) is 42.4 Å². The summed E-state index contributed by atoms with van der Waals surface area (Å²) in [5, 5.41) is 0. The maximum atomic E-state index is 3.99. The SMILES string of the molecule is C=CC(CC(C)C(C)(C)C/C=C/CCC)C(C)C. The van der Waals surface area contributed by atoms with Crippen LogP contribution in [0, 0.1) is 23.2 Å². The van der Waals surface area contributed by atoms with Crippen molar-refractivity contribution in [2.45, 2.75) is 67.2 Å². The maximum absolute atomic E-state index is 3.99. The lowest BCUT2D eigenvalue weighted by molar-refractivity contribution is 0.190. The van der Waals surface area contributed by atoms with E-state index in [0.29, 0.717) is 17.3 Å². The molecular weight excluding hydrogens is 216 g/mol. The zero-order valence-electron chi connectivity index (χ0n) is 13.5. The van der Waals surface area contributed by atoms with Gasteiger partial charge in [-0.15, -0.1) is 6.58 Å². The molecule has 0 aromatic heterocycles. The number of allylic oxidation sites excluding steroid dienone is 3. The lowest BCUT2D eigenvalue weighted by Crippen LogP contribution is -2.24. The van der Waals surface area contributed by atoms with Gasteiger partial charge in [-0.1, -0.05) is 66.2 Å². The van der Waals surface area contributed by atoms with Crippen LogP contribution in [-0.4, -0.2) is 0 Å². The van der Waals surface area contributed by atoms with Crippen LogP contribution in [0.3, 0.4) is 0 Å². The van der Waals surface area contributed by atoms with Crippen LogP contribution in [0.4, 0.5) is 0 Å². The van der Waals surface area contributed by atoms with Crippen LogP contribution in [0.5, 0.6) is 0 Å². The molecule has 0 rings (SSSR count). The van der Waals surface area contributed by atoms with Gasteiger partial charge in [0.15, 0.2) is 0 Å². The fourth-order valence-electron chi connectivity index (χ4n) is 2.24. The summed E-state index contributed by atoms with van der Waals surface area (Å²) in [5.74, 6) is 2.09. The minimum absolute atomic E-state index is 0.389. The van der Waals surface area contributed by atoms with Gasteiger partial charge in [0.2, 0.25) is 0 Å². The van der Waals surface area contributed by atoms with Gasteiger partial charge < -0.3 is 0 Å². The first-order chi connectivity index (χ1) is 8.35. The van der Waals surface area contributed by atoms with E-state index in [9.17, 15) is 0 Å². The summed E-state index contributed by atoms with van der Waals surface area (Å²) in [6.07, 6.45) is 11.8. The molecule has 0 saturated heterocycles. The van der Waals surface area contributed by atoms with Gasteiger partial charge in [0.25, 0.3) is 0 Å². The van der Waals surface area contributed by atoms with E-state index in [2.05, 4.69) is 66.3 Å². The van der Waals surface area contributed by atoms with Gasteiger partial charge >= 0.3 is 0 Å². The number of rotatable bonds is 9. The van der Waals surface area contributed by atoms with Crippen LogP contribution < -0.4 is 0 Å². The average molecular weight is 250 g/mol. The largest absolute Gasteiger partial charge is 0.103 e. The van der Waals surface area contributed by atoms with Crippen LogP contribution >= 0.6 is 0 Å². The van der Waals surface area contributed by atoms with Crippen molar-refractivity contribution < 1.29 is 0 Å². The normalized spacial score (nSPS) is 16.2. The molecule has 0 aromatic carbocycles. The molecule has 0 N–H and O–H groups in total. The maximum Gasteiger partial charge on any atom is -0.0210 e. The molecule has 0 heterocycles. The summed E-state index contributed by atoms with van der Waals surface area (Å²) in [6.45, 7) is 18.0. The third kappa shape index (κ3) is 6.42. The lowest BCUT2D eigenvalue weighted by Gasteiger charge is -2.34. The summed E-state index contributed by atoms with van der Waals surface area (Å²) in [5.41, 5.74) is 0.389. The molecule has 0 amide bonds. The van der Waals surface area contributed by atoms with Gasteiger partial charge in [0.1, 0.15) is 0 Å². The Labute approximate surface area is 116 Å². The number of unbranched alkanes of at least 4 members (excludes halogenated alkanes) is 1. The molecule has 0 nitrogen and oxygen atoms in total. The first kappa shape index (κ1) is 17.5. The van der Waals surface area contributed by atoms with Gasteiger partial charge in [0, 0.05) is 0 Å². The molecule has 2 atom stereocenters. The summed E-state index contributed by atoms with van der Waals surface area (Å²) in [7, 11) is 0. The average Bonchev–Trinajstić information content (AvgIpc) is 2.30. The number of hydrogen-bond acceptors (Lipinski definition) is 0. The summed E-state index contributed by atoms with van der Waals surface area (Å²) < 4.78 is 0. The first-order valence-electron chi connectivity index (χ1n) is 7.62. The Morgan fingerprint density at radius 3 is 2.17 bits per heavy atom. The highest BCUT2D eigenvalue weighted by atomic mass is 14.3. The molecule has 2 unspecified atom stereocenters. The van der Waals surface area contributed by atoms with Crippen LogP contribution in [0.15, 0.2) is 24.8 Å². The van der Waals surface area contributed by atoms with Crippen molar-refractivity contribution in [2.75, 3.05) is 0 Å². The third-order valence-corrected chi connectivity index (χ3v) is 4.38. The second-order valence-electron chi connectivity index (χ2n) is 6.73. The zero-order valence-corrected chi connectivity index (χ0v) is 13.5. The van der Waals surface area contributed by atoms with E-state index in [-0.39, 0.29) is 0 Å². The van der Waals surface area contributed by atoms with Gasteiger partial charge in [-0.2, -0.15) is 0 Å². The predicted octanol–water partition coefficient (Wildman–Crippen LogP) is 6.24. The molecule has 0 aromatic rings. The van der Waals surface area contributed by atoms with Crippen molar-refractivity contribution in [3.8, 4) is 0 Å². The molecule has 0 aliphatic carbocycles. The summed E-state index contributed by atoms with van der Waals surface area (Å²) >= 11 is 0. The van der Waals surface area contributed by atoms with Gasteiger partial charge in [0.05, 0.1) is 0 Å². The molecule has 0 bridgehead atoms. The molecule has 0 saturated carbocycles. The van der Waals surface area contributed by atoms with Crippen molar-refractivity contribution in [3.63, 3.8) is 0 Å². The van der Waals surface area contributed by atoms with Crippen LogP contribution in [0.1, 0.15) is 67.2 Å². The minimum atomic E-state index is 0.389. The molecule has 0 fully saturated rings. The fourth-order valence-corrected chi connectivity index (χ4v) is 2.24. The highest BCUT2D eigenvalue weighted by Gasteiger charge is 2.27.